The molecule has 1 amide bonds. The Labute approximate surface area is 152 Å². The lowest BCUT2D eigenvalue weighted by atomic mass is 10.0. The zero-order valence-electron chi connectivity index (χ0n) is 14.5. The summed E-state index contributed by atoms with van der Waals surface area (Å²) in [5.41, 5.74) is 2.09. The van der Waals surface area contributed by atoms with Crippen molar-refractivity contribution >= 4 is 21.6 Å². The van der Waals surface area contributed by atoms with E-state index in [4.69, 9.17) is 0 Å². The summed E-state index contributed by atoms with van der Waals surface area (Å²) >= 11 is 0. The Balaban J connectivity index is 1.74. The highest BCUT2D eigenvalue weighted by Gasteiger charge is 2.24. The molecule has 0 fully saturated rings. The van der Waals surface area contributed by atoms with Crippen LogP contribution in [0.3, 0.4) is 0 Å². The lowest BCUT2D eigenvalue weighted by Gasteiger charge is -2.28. The fourth-order valence-electron chi connectivity index (χ4n) is 3.15. The summed E-state index contributed by atoms with van der Waals surface area (Å²) in [6.07, 6.45) is 1.18. The first-order valence-corrected chi connectivity index (χ1v) is 10.1. The van der Waals surface area contributed by atoms with Gasteiger partial charge in [-0.25, -0.2) is 17.5 Å². The highest BCUT2D eigenvalue weighted by Crippen LogP contribution is 2.29. The van der Waals surface area contributed by atoms with Gasteiger partial charge in [0.05, 0.1) is 4.90 Å². The van der Waals surface area contributed by atoms with Crippen molar-refractivity contribution < 1.29 is 17.6 Å². The molecule has 26 heavy (non-hydrogen) atoms. The Hall–Kier alpha value is -2.25. The van der Waals surface area contributed by atoms with Gasteiger partial charge in [0.2, 0.25) is 15.9 Å². The van der Waals surface area contributed by atoms with E-state index < -0.39 is 10.0 Å². The molecule has 0 radical (unpaired) electrons. The van der Waals surface area contributed by atoms with Gasteiger partial charge in [-0.15, -0.1) is 0 Å². The Kier molecular flexibility index (Phi) is 5.38. The summed E-state index contributed by atoms with van der Waals surface area (Å²) < 4.78 is 41.2. The number of aryl methyl sites for hydroxylation is 1. The topological polar surface area (TPSA) is 66.5 Å². The molecule has 0 bridgehead atoms. The number of rotatable bonds is 6. The molecule has 2 aromatic rings. The van der Waals surface area contributed by atoms with Crippen molar-refractivity contribution in [3.05, 3.63) is 59.4 Å². The van der Waals surface area contributed by atoms with Gasteiger partial charge in [-0.1, -0.05) is 18.2 Å². The molecule has 5 nitrogen and oxygen atoms in total. The molecule has 0 aliphatic carbocycles. The van der Waals surface area contributed by atoms with Crippen LogP contribution in [0.25, 0.3) is 0 Å². The second kappa shape index (κ2) is 7.55. The first-order valence-electron chi connectivity index (χ1n) is 8.58. The lowest BCUT2D eigenvalue weighted by Crippen LogP contribution is -2.35. The van der Waals surface area contributed by atoms with Crippen LogP contribution in [0, 0.1) is 5.82 Å². The van der Waals surface area contributed by atoms with Gasteiger partial charge in [0, 0.05) is 25.2 Å². The van der Waals surface area contributed by atoms with Crippen molar-refractivity contribution in [1.29, 1.82) is 0 Å². The molecule has 1 N–H and O–H groups in total. The van der Waals surface area contributed by atoms with Crippen LogP contribution in [0.5, 0.6) is 0 Å². The van der Waals surface area contributed by atoms with E-state index in [0.29, 0.717) is 24.9 Å². The zero-order chi connectivity index (χ0) is 18.7. The van der Waals surface area contributed by atoms with Gasteiger partial charge in [0.1, 0.15) is 5.82 Å². The number of sulfonamides is 1. The van der Waals surface area contributed by atoms with Gasteiger partial charge in [-0.3, -0.25) is 4.79 Å². The van der Waals surface area contributed by atoms with Gasteiger partial charge < -0.3 is 4.90 Å². The van der Waals surface area contributed by atoms with Crippen molar-refractivity contribution in [1.82, 2.24) is 4.72 Å². The Morgan fingerprint density at radius 3 is 2.65 bits per heavy atom. The minimum Gasteiger partial charge on any atom is -0.312 e. The summed E-state index contributed by atoms with van der Waals surface area (Å²) in [4.78, 5) is 13.8. The predicted molar refractivity (Wildman–Crippen MR) is 98.1 cm³/mol. The average molecular weight is 376 g/mol. The fourth-order valence-corrected chi connectivity index (χ4v) is 4.24. The monoisotopic (exact) mass is 376 g/mol. The van der Waals surface area contributed by atoms with Crippen LogP contribution in [0.15, 0.2) is 47.4 Å². The molecule has 3 rings (SSSR count). The van der Waals surface area contributed by atoms with Crippen LogP contribution in [0.1, 0.15) is 24.5 Å². The van der Waals surface area contributed by atoms with E-state index in [1.165, 1.54) is 12.1 Å². The number of nitrogens with one attached hydrogen (secondary N) is 1. The third kappa shape index (κ3) is 3.78. The lowest BCUT2D eigenvalue weighted by molar-refractivity contribution is -0.118. The number of hydrogen-bond acceptors (Lipinski definition) is 3. The van der Waals surface area contributed by atoms with Crippen molar-refractivity contribution in [2.45, 2.75) is 31.1 Å². The Morgan fingerprint density at radius 2 is 1.92 bits per heavy atom. The third-order valence-corrected chi connectivity index (χ3v) is 5.98. The number of amides is 1. The normalized spacial score (nSPS) is 14.4. The summed E-state index contributed by atoms with van der Waals surface area (Å²) in [7, 11) is -3.69. The number of fused-ring (bicyclic) bond motifs is 1. The quantitative estimate of drug-likeness (QED) is 0.843. The zero-order valence-corrected chi connectivity index (χ0v) is 15.4. The van der Waals surface area contributed by atoms with Gasteiger partial charge in [-0.2, -0.15) is 0 Å². The first kappa shape index (κ1) is 18.5. The maximum absolute atomic E-state index is 13.6. The van der Waals surface area contributed by atoms with Gasteiger partial charge in [0.25, 0.3) is 0 Å². The van der Waals surface area contributed by atoms with Gasteiger partial charge in [-0.05, 0) is 55.2 Å². The fraction of sp³-hybridized carbons (Fsp3) is 0.316. The Morgan fingerprint density at radius 1 is 1.15 bits per heavy atom. The molecule has 0 saturated heterocycles. The van der Waals surface area contributed by atoms with Crippen LogP contribution >= 0.6 is 0 Å². The smallest absolute Gasteiger partial charge is 0.240 e. The van der Waals surface area contributed by atoms with Crippen LogP contribution in [-0.4, -0.2) is 27.4 Å². The number of carbonyl (C=O) groups is 1. The number of carbonyl (C=O) groups excluding carboxylic acids is 1. The van der Waals surface area contributed by atoms with Crippen LogP contribution < -0.4 is 9.62 Å². The molecular formula is C19H21FN2O3S. The number of benzene rings is 2. The first-order chi connectivity index (χ1) is 12.4. The van der Waals surface area contributed by atoms with E-state index in [1.807, 2.05) is 6.92 Å². The minimum absolute atomic E-state index is 0.0543. The SMILES string of the molecule is CCN1C(=O)CCc2cc(S(=O)(=O)NCCc3ccccc3F)ccc21. The molecule has 0 atom stereocenters. The number of halogens is 1. The second-order valence-corrected chi connectivity index (χ2v) is 7.93. The van der Waals surface area contributed by atoms with Crippen LogP contribution in [0.2, 0.25) is 0 Å². The number of hydrogen-bond donors (Lipinski definition) is 1. The highest BCUT2D eigenvalue weighted by molar-refractivity contribution is 7.89. The molecule has 1 heterocycles. The molecule has 7 heteroatoms. The van der Waals surface area contributed by atoms with Gasteiger partial charge >= 0.3 is 0 Å². The average Bonchev–Trinajstić information content (AvgIpc) is 2.63. The van der Waals surface area contributed by atoms with Crippen molar-refractivity contribution in [2.75, 3.05) is 18.0 Å². The molecule has 0 unspecified atom stereocenters. The molecule has 0 aromatic heterocycles. The van der Waals surface area contributed by atoms with Crippen molar-refractivity contribution in [3.63, 3.8) is 0 Å². The number of anilines is 1. The van der Waals surface area contributed by atoms with E-state index in [-0.39, 0.29) is 29.6 Å². The molecular weight excluding hydrogens is 355 g/mol. The number of nitrogens with zero attached hydrogens (tertiary/aromatic N) is 1. The van der Waals surface area contributed by atoms with E-state index >= 15 is 0 Å². The van der Waals surface area contributed by atoms with Crippen molar-refractivity contribution in [3.8, 4) is 0 Å². The largest absolute Gasteiger partial charge is 0.312 e. The summed E-state index contributed by atoms with van der Waals surface area (Å²) in [6.45, 7) is 2.56. The van der Waals surface area contributed by atoms with Crippen LogP contribution in [-0.2, 0) is 27.7 Å². The van der Waals surface area contributed by atoms with Crippen LogP contribution in [0.4, 0.5) is 10.1 Å². The molecule has 1 aliphatic heterocycles. The maximum Gasteiger partial charge on any atom is 0.240 e. The molecule has 0 saturated carbocycles. The molecule has 0 spiro atoms. The van der Waals surface area contributed by atoms with Gasteiger partial charge in [0.15, 0.2) is 0 Å². The summed E-state index contributed by atoms with van der Waals surface area (Å²) in [5.74, 6) is -0.288. The van der Waals surface area contributed by atoms with E-state index in [9.17, 15) is 17.6 Å². The summed E-state index contributed by atoms with van der Waals surface area (Å²) in [6, 6.07) is 11.1. The molecule has 138 valence electrons. The summed E-state index contributed by atoms with van der Waals surface area (Å²) in [5, 5.41) is 0. The molecule has 2 aromatic carbocycles. The standard InChI is InChI=1S/C19H21FN2O3S/c1-2-22-18-9-8-16(13-15(18)7-10-19(22)23)26(24,25)21-12-11-14-5-3-4-6-17(14)20/h3-6,8-9,13,21H,2,7,10-12H2,1H3. The highest BCUT2D eigenvalue weighted by atomic mass is 32.2. The van der Waals surface area contributed by atoms with E-state index in [0.717, 1.165) is 11.3 Å². The van der Waals surface area contributed by atoms with Crippen molar-refractivity contribution in [2.24, 2.45) is 0 Å². The predicted octanol–water partition coefficient (Wildman–Crippen LogP) is 2.65. The third-order valence-electron chi connectivity index (χ3n) is 4.52. The van der Waals surface area contributed by atoms with E-state index in [2.05, 4.69) is 4.72 Å². The minimum atomic E-state index is -3.69. The van der Waals surface area contributed by atoms with E-state index in [1.54, 1.807) is 35.2 Å². The molecule has 1 aliphatic rings. The maximum atomic E-state index is 13.6. The Bertz CT molecular complexity index is 928. The second-order valence-electron chi connectivity index (χ2n) is 6.17.